The Morgan fingerprint density at radius 1 is 1.50 bits per heavy atom. The van der Waals surface area contributed by atoms with Crippen LogP contribution in [0, 0.1) is 0 Å². The summed E-state index contributed by atoms with van der Waals surface area (Å²) in [5.41, 5.74) is -0.440. The van der Waals surface area contributed by atoms with Crippen LogP contribution in [0.5, 0.6) is 0 Å². The van der Waals surface area contributed by atoms with Gasteiger partial charge in [0.25, 0.3) is 0 Å². The summed E-state index contributed by atoms with van der Waals surface area (Å²) in [4.78, 5) is 10.6. The number of halogens is 3. The third-order valence-electron chi connectivity index (χ3n) is 0.978. The highest BCUT2D eigenvalue weighted by Crippen LogP contribution is 2.18. The Bertz CT molecular complexity index is 193. The van der Waals surface area contributed by atoms with Gasteiger partial charge in [0.2, 0.25) is 0 Å². The van der Waals surface area contributed by atoms with Crippen LogP contribution >= 0.6 is 0 Å². The summed E-state index contributed by atoms with van der Waals surface area (Å²) in [6, 6.07) is 0. The molecule has 0 radical (unpaired) electrons. The average molecular weight is 182 g/mol. The zero-order valence-corrected chi connectivity index (χ0v) is 6.73. The number of carbonyl (C=O) groups excluding carboxylic acids is 1. The van der Waals surface area contributed by atoms with E-state index >= 15 is 0 Å². The van der Waals surface area contributed by atoms with E-state index < -0.39 is 17.7 Å². The maximum absolute atomic E-state index is 11.6. The molecule has 0 aliphatic carbocycles. The molecule has 0 amide bonds. The highest BCUT2D eigenvalue weighted by molar-refractivity contribution is 5.87. The lowest BCUT2D eigenvalue weighted by Crippen LogP contribution is -2.10. The molecule has 0 atom stereocenters. The van der Waals surface area contributed by atoms with Crippen LogP contribution in [0.15, 0.2) is 11.6 Å². The lowest BCUT2D eigenvalue weighted by Gasteiger charge is -2.03. The Kier molecular flexibility index (Phi) is 3.79. The first kappa shape index (κ1) is 11.0. The minimum Gasteiger partial charge on any atom is -0.463 e. The molecule has 0 N–H and O–H groups in total. The second-order valence-corrected chi connectivity index (χ2v) is 2.09. The monoisotopic (exact) mass is 182 g/mol. The van der Waals surface area contributed by atoms with Crippen LogP contribution in [-0.4, -0.2) is 18.8 Å². The first-order valence-corrected chi connectivity index (χ1v) is 3.30. The maximum Gasteiger partial charge on any atom is 0.410 e. The number of ether oxygens (including phenoxy) is 1. The minimum atomic E-state index is -4.46. The molecule has 0 saturated heterocycles. The van der Waals surface area contributed by atoms with E-state index in [2.05, 4.69) is 4.74 Å². The van der Waals surface area contributed by atoms with Crippen molar-refractivity contribution in [1.29, 1.82) is 0 Å². The number of alkyl halides is 3. The SMILES string of the molecule is CCOC(=O)C(C)=CC(F)(F)F. The van der Waals surface area contributed by atoms with Crippen LogP contribution in [0.25, 0.3) is 0 Å². The summed E-state index contributed by atoms with van der Waals surface area (Å²) >= 11 is 0. The van der Waals surface area contributed by atoms with Crippen molar-refractivity contribution in [3.05, 3.63) is 11.6 Å². The van der Waals surface area contributed by atoms with E-state index in [1.54, 1.807) is 0 Å². The molecule has 0 aliphatic heterocycles. The van der Waals surface area contributed by atoms with Crippen molar-refractivity contribution in [3.8, 4) is 0 Å². The van der Waals surface area contributed by atoms with Gasteiger partial charge in [0.05, 0.1) is 6.61 Å². The average Bonchev–Trinajstić information content (AvgIpc) is 1.84. The summed E-state index contributed by atoms with van der Waals surface area (Å²) in [6.45, 7) is 2.66. The molecule has 0 aromatic carbocycles. The van der Waals surface area contributed by atoms with Gasteiger partial charge in [-0.25, -0.2) is 4.79 Å². The fraction of sp³-hybridized carbons (Fsp3) is 0.571. The highest BCUT2D eigenvalue weighted by atomic mass is 19.4. The highest BCUT2D eigenvalue weighted by Gasteiger charge is 2.25. The number of carbonyl (C=O) groups is 1. The van der Waals surface area contributed by atoms with E-state index in [1.165, 1.54) is 6.92 Å². The van der Waals surface area contributed by atoms with Crippen molar-refractivity contribution >= 4 is 5.97 Å². The van der Waals surface area contributed by atoms with Crippen LogP contribution < -0.4 is 0 Å². The van der Waals surface area contributed by atoms with Gasteiger partial charge >= 0.3 is 12.1 Å². The van der Waals surface area contributed by atoms with Crippen molar-refractivity contribution in [2.24, 2.45) is 0 Å². The van der Waals surface area contributed by atoms with Crippen molar-refractivity contribution in [1.82, 2.24) is 0 Å². The van der Waals surface area contributed by atoms with E-state index in [-0.39, 0.29) is 12.7 Å². The summed E-state index contributed by atoms with van der Waals surface area (Å²) in [7, 11) is 0. The van der Waals surface area contributed by atoms with Gasteiger partial charge in [-0.2, -0.15) is 13.2 Å². The van der Waals surface area contributed by atoms with Gasteiger partial charge in [0.15, 0.2) is 0 Å². The molecule has 5 heteroatoms. The number of allylic oxidation sites excluding steroid dienone is 1. The van der Waals surface area contributed by atoms with Crippen LogP contribution in [0.2, 0.25) is 0 Å². The van der Waals surface area contributed by atoms with E-state index in [9.17, 15) is 18.0 Å². The van der Waals surface area contributed by atoms with Gasteiger partial charge in [0, 0.05) is 11.6 Å². The predicted molar refractivity (Wildman–Crippen MR) is 36.4 cm³/mol. The van der Waals surface area contributed by atoms with Gasteiger partial charge in [-0.15, -0.1) is 0 Å². The smallest absolute Gasteiger partial charge is 0.410 e. The molecule has 0 heterocycles. The van der Waals surface area contributed by atoms with Crippen LogP contribution in [0.1, 0.15) is 13.8 Å². The van der Waals surface area contributed by atoms with Gasteiger partial charge in [-0.3, -0.25) is 0 Å². The molecular weight excluding hydrogens is 173 g/mol. The number of esters is 1. The van der Waals surface area contributed by atoms with Crippen molar-refractivity contribution in [2.75, 3.05) is 6.61 Å². The van der Waals surface area contributed by atoms with Crippen molar-refractivity contribution in [2.45, 2.75) is 20.0 Å². The lowest BCUT2D eigenvalue weighted by atomic mass is 10.3. The Morgan fingerprint density at radius 2 is 2.00 bits per heavy atom. The predicted octanol–water partition coefficient (Wildman–Crippen LogP) is 2.06. The molecular formula is C7H9F3O2. The van der Waals surface area contributed by atoms with Gasteiger partial charge < -0.3 is 4.74 Å². The third-order valence-corrected chi connectivity index (χ3v) is 0.978. The Morgan fingerprint density at radius 3 is 2.33 bits per heavy atom. The first-order valence-electron chi connectivity index (χ1n) is 3.30. The molecule has 12 heavy (non-hydrogen) atoms. The van der Waals surface area contributed by atoms with Gasteiger partial charge in [0.1, 0.15) is 0 Å². The quantitative estimate of drug-likeness (QED) is 0.482. The molecule has 0 bridgehead atoms. The minimum absolute atomic E-state index is 0.0713. The third kappa shape index (κ3) is 4.76. The second kappa shape index (κ2) is 4.13. The maximum atomic E-state index is 11.6. The molecule has 0 aliphatic rings. The fourth-order valence-corrected chi connectivity index (χ4v) is 0.549. The zero-order valence-electron chi connectivity index (χ0n) is 6.73. The van der Waals surface area contributed by atoms with E-state index in [4.69, 9.17) is 0 Å². The number of hydrogen-bond acceptors (Lipinski definition) is 2. The molecule has 0 spiro atoms. The fourth-order valence-electron chi connectivity index (χ4n) is 0.549. The van der Waals surface area contributed by atoms with Crippen LogP contribution in [0.4, 0.5) is 13.2 Å². The molecule has 0 saturated carbocycles. The Labute approximate surface area is 68.0 Å². The molecule has 0 unspecified atom stereocenters. The van der Waals surface area contributed by atoms with Crippen LogP contribution in [-0.2, 0) is 9.53 Å². The summed E-state index contributed by atoms with van der Waals surface area (Å²) in [5, 5.41) is 0. The first-order chi connectivity index (χ1) is 5.37. The summed E-state index contributed by atoms with van der Waals surface area (Å²) < 4.78 is 39.2. The van der Waals surface area contributed by atoms with Gasteiger partial charge in [-0.1, -0.05) is 0 Å². The molecule has 2 nitrogen and oxygen atoms in total. The van der Waals surface area contributed by atoms with Crippen molar-refractivity contribution < 1.29 is 22.7 Å². The Hall–Kier alpha value is -1.00. The van der Waals surface area contributed by atoms with E-state index in [1.807, 2.05) is 0 Å². The van der Waals surface area contributed by atoms with Crippen molar-refractivity contribution in [3.63, 3.8) is 0 Å². The van der Waals surface area contributed by atoms with E-state index in [0.717, 1.165) is 6.92 Å². The van der Waals surface area contributed by atoms with E-state index in [0.29, 0.717) is 0 Å². The molecule has 0 aromatic heterocycles. The summed E-state index contributed by atoms with van der Waals surface area (Å²) in [5.74, 6) is -0.935. The second-order valence-electron chi connectivity index (χ2n) is 2.09. The number of hydrogen-bond donors (Lipinski definition) is 0. The number of rotatable bonds is 2. The lowest BCUT2D eigenvalue weighted by molar-refractivity contribution is -0.139. The van der Waals surface area contributed by atoms with Gasteiger partial charge in [-0.05, 0) is 13.8 Å². The topological polar surface area (TPSA) is 26.3 Å². The zero-order chi connectivity index (χ0) is 9.78. The Balaban J connectivity index is 4.28. The largest absolute Gasteiger partial charge is 0.463 e. The standard InChI is InChI=1S/C7H9F3O2/c1-3-12-6(11)5(2)4-7(8,9)10/h4H,3H2,1-2H3. The molecule has 70 valence electrons. The molecule has 0 aromatic rings. The molecule has 0 fully saturated rings. The molecule has 0 rings (SSSR count). The normalized spacial score (nSPS) is 12.9. The van der Waals surface area contributed by atoms with Crippen LogP contribution in [0.3, 0.4) is 0 Å². The summed E-state index contributed by atoms with van der Waals surface area (Å²) in [6.07, 6.45) is -4.54.